The Labute approximate surface area is 122 Å². The summed E-state index contributed by atoms with van der Waals surface area (Å²) in [6.45, 7) is 0. The zero-order chi connectivity index (χ0) is 14.3. The smallest absolute Gasteiger partial charge is 0.234 e. The molecular formula is C15H16ClNO3. The van der Waals surface area contributed by atoms with Crippen LogP contribution in [0.15, 0.2) is 18.2 Å². The number of halogens is 1. The number of imide groups is 1. The molecule has 1 N–H and O–H groups in total. The molecule has 0 radical (unpaired) electrons. The number of anilines is 1. The molecule has 5 heteroatoms. The van der Waals surface area contributed by atoms with Crippen LogP contribution in [0.2, 0.25) is 5.02 Å². The average molecular weight is 294 g/mol. The maximum atomic E-state index is 12.4. The van der Waals surface area contributed by atoms with E-state index in [0.717, 1.165) is 25.7 Å². The van der Waals surface area contributed by atoms with Gasteiger partial charge < -0.3 is 5.11 Å². The third-order valence-electron chi connectivity index (χ3n) is 4.40. The van der Waals surface area contributed by atoms with Crippen LogP contribution in [0.1, 0.15) is 38.5 Å². The van der Waals surface area contributed by atoms with Crippen molar-refractivity contribution < 1.29 is 14.7 Å². The number of phenolic OH excluding ortho intramolecular Hbond substituents is 1. The van der Waals surface area contributed by atoms with E-state index in [9.17, 15) is 14.7 Å². The Morgan fingerprint density at radius 2 is 1.70 bits per heavy atom. The van der Waals surface area contributed by atoms with Crippen LogP contribution in [-0.2, 0) is 9.59 Å². The summed E-state index contributed by atoms with van der Waals surface area (Å²) in [6.07, 6.45) is 5.00. The van der Waals surface area contributed by atoms with Crippen LogP contribution in [0, 0.1) is 5.41 Å². The maximum Gasteiger partial charge on any atom is 0.234 e. The van der Waals surface area contributed by atoms with Gasteiger partial charge in [-0.05, 0) is 36.5 Å². The van der Waals surface area contributed by atoms with Crippen LogP contribution in [0.5, 0.6) is 5.75 Å². The topological polar surface area (TPSA) is 57.6 Å². The highest BCUT2D eigenvalue weighted by Crippen LogP contribution is 2.47. The number of benzene rings is 1. The van der Waals surface area contributed by atoms with E-state index in [0.29, 0.717) is 18.5 Å². The number of piperidine rings is 1. The normalized spacial score (nSPS) is 21.8. The second-order valence-electron chi connectivity index (χ2n) is 5.82. The number of carbonyl (C=O) groups is 2. The maximum absolute atomic E-state index is 12.4. The predicted molar refractivity (Wildman–Crippen MR) is 75.7 cm³/mol. The monoisotopic (exact) mass is 293 g/mol. The zero-order valence-electron chi connectivity index (χ0n) is 11.1. The molecule has 0 bridgehead atoms. The van der Waals surface area contributed by atoms with Crippen molar-refractivity contribution in [1.29, 1.82) is 0 Å². The lowest BCUT2D eigenvalue weighted by Crippen LogP contribution is -2.47. The van der Waals surface area contributed by atoms with Crippen LogP contribution in [0.4, 0.5) is 5.69 Å². The number of aromatic hydroxyl groups is 1. The van der Waals surface area contributed by atoms with Crippen molar-refractivity contribution in [2.45, 2.75) is 38.5 Å². The Morgan fingerprint density at radius 1 is 1.10 bits per heavy atom. The molecular weight excluding hydrogens is 278 g/mol. The highest BCUT2D eigenvalue weighted by Gasteiger charge is 2.45. The lowest BCUT2D eigenvalue weighted by molar-refractivity contribution is -0.133. The largest absolute Gasteiger partial charge is 0.506 e. The van der Waals surface area contributed by atoms with Gasteiger partial charge in [-0.25, -0.2) is 0 Å². The minimum Gasteiger partial charge on any atom is -0.506 e. The van der Waals surface area contributed by atoms with Gasteiger partial charge in [-0.15, -0.1) is 0 Å². The van der Waals surface area contributed by atoms with Crippen LogP contribution in [0.3, 0.4) is 0 Å². The molecule has 0 aromatic heterocycles. The Balaban J connectivity index is 1.89. The van der Waals surface area contributed by atoms with Crippen LogP contribution < -0.4 is 4.90 Å². The molecule has 20 heavy (non-hydrogen) atoms. The van der Waals surface area contributed by atoms with Gasteiger partial charge in [-0.2, -0.15) is 0 Å². The van der Waals surface area contributed by atoms with Crippen LogP contribution >= 0.6 is 11.6 Å². The Bertz CT molecular complexity index is 558. The summed E-state index contributed by atoms with van der Waals surface area (Å²) >= 11 is 5.85. The Kier molecular flexibility index (Phi) is 3.21. The van der Waals surface area contributed by atoms with Gasteiger partial charge in [0, 0.05) is 12.8 Å². The van der Waals surface area contributed by atoms with Gasteiger partial charge in [0.2, 0.25) is 11.8 Å². The number of hydrogen-bond acceptors (Lipinski definition) is 3. The molecule has 2 amide bonds. The molecule has 2 aliphatic rings. The predicted octanol–water partition coefficient (Wildman–Crippen LogP) is 3.26. The number of phenols is 1. The molecule has 3 rings (SSSR count). The van der Waals surface area contributed by atoms with E-state index in [-0.39, 0.29) is 28.0 Å². The van der Waals surface area contributed by atoms with E-state index in [2.05, 4.69) is 0 Å². The minimum absolute atomic E-state index is 0.0559. The van der Waals surface area contributed by atoms with Gasteiger partial charge in [0.15, 0.2) is 0 Å². The molecule has 1 heterocycles. The molecule has 1 saturated heterocycles. The minimum atomic E-state index is -0.162. The summed E-state index contributed by atoms with van der Waals surface area (Å²) in [6, 6.07) is 4.40. The van der Waals surface area contributed by atoms with Crippen LogP contribution in [0.25, 0.3) is 0 Å². The molecule has 1 spiro atoms. The van der Waals surface area contributed by atoms with E-state index >= 15 is 0 Å². The molecule has 0 atom stereocenters. The first kappa shape index (κ1) is 13.4. The first-order chi connectivity index (χ1) is 9.51. The molecule has 4 nitrogen and oxygen atoms in total. The van der Waals surface area contributed by atoms with E-state index in [1.807, 2.05) is 0 Å². The summed E-state index contributed by atoms with van der Waals surface area (Å²) < 4.78 is 0. The summed E-state index contributed by atoms with van der Waals surface area (Å²) in [4.78, 5) is 25.9. The molecule has 106 valence electrons. The van der Waals surface area contributed by atoms with Crippen molar-refractivity contribution in [3.8, 4) is 5.75 Å². The van der Waals surface area contributed by atoms with Gasteiger partial charge in [0.1, 0.15) is 5.75 Å². The fourth-order valence-corrected chi connectivity index (χ4v) is 3.58. The standard InChI is InChI=1S/C15H16ClNO3/c16-11-7-10(3-4-12(11)18)17-13(19)8-15(9-14(17)20)5-1-2-6-15/h3-4,7,18H,1-2,5-6,8-9H2. The second kappa shape index (κ2) is 4.77. The van der Waals surface area contributed by atoms with Gasteiger partial charge in [0.25, 0.3) is 0 Å². The van der Waals surface area contributed by atoms with Gasteiger partial charge in [-0.3, -0.25) is 14.5 Å². The number of nitrogens with zero attached hydrogens (tertiary/aromatic N) is 1. The molecule has 2 fully saturated rings. The number of amides is 2. The number of rotatable bonds is 1. The highest BCUT2D eigenvalue weighted by molar-refractivity contribution is 6.32. The van der Waals surface area contributed by atoms with Gasteiger partial charge >= 0.3 is 0 Å². The Morgan fingerprint density at radius 3 is 2.25 bits per heavy atom. The van der Waals surface area contributed by atoms with E-state index in [1.54, 1.807) is 6.07 Å². The van der Waals surface area contributed by atoms with E-state index in [1.165, 1.54) is 17.0 Å². The summed E-state index contributed by atoms with van der Waals surface area (Å²) in [7, 11) is 0. The van der Waals surface area contributed by atoms with Crippen molar-refractivity contribution >= 4 is 29.1 Å². The Hall–Kier alpha value is -1.55. The lowest BCUT2D eigenvalue weighted by Gasteiger charge is -2.37. The van der Waals surface area contributed by atoms with Gasteiger partial charge in [-0.1, -0.05) is 24.4 Å². The fraction of sp³-hybridized carbons (Fsp3) is 0.467. The molecule has 1 aliphatic heterocycles. The average Bonchev–Trinajstić information content (AvgIpc) is 2.80. The van der Waals surface area contributed by atoms with Gasteiger partial charge in [0.05, 0.1) is 10.7 Å². The van der Waals surface area contributed by atoms with Crippen LogP contribution in [-0.4, -0.2) is 16.9 Å². The molecule has 1 aliphatic carbocycles. The molecule has 1 saturated carbocycles. The summed E-state index contributed by atoms with van der Waals surface area (Å²) in [5.41, 5.74) is 0.335. The summed E-state index contributed by atoms with van der Waals surface area (Å²) in [5, 5.41) is 9.56. The van der Waals surface area contributed by atoms with Crippen molar-refractivity contribution in [2.75, 3.05) is 4.90 Å². The fourth-order valence-electron chi connectivity index (χ4n) is 3.40. The SMILES string of the molecule is O=C1CC2(CCCC2)CC(=O)N1c1ccc(O)c(Cl)c1. The highest BCUT2D eigenvalue weighted by atomic mass is 35.5. The lowest BCUT2D eigenvalue weighted by atomic mass is 9.76. The first-order valence-corrected chi connectivity index (χ1v) is 7.23. The van der Waals surface area contributed by atoms with Crippen molar-refractivity contribution in [1.82, 2.24) is 0 Å². The molecule has 1 aromatic carbocycles. The summed E-state index contributed by atoms with van der Waals surface area (Å²) in [5.74, 6) is -0.380. The quantitative estimate of drug-likeness (QED) is 0.809. The van der Waals surface area contributed by atoms with Crippen molar-refractivity contribution in [2.24, 2.45) is 5.41 Å². The van der Waals surface area contributed by atoms with E-state index in [4.69, 9.17) is 11.6 Å². The third kappa shape index (κ3) is 2.18. The van der Waals surface area contributed by atoms with E-state index < -0.39 is 0 Å². The molecule has 1 aromatic rings. The zero-order valence-corrected chi connectivity index (χ0v) is 11.8. The second-order valence-corrected chi connectivity index (χ2v) is 6.23. The first-order valence-electron chi connectivity index (χ1n) is 6.85. The molecule has 0 unspecified atom stereocenters. The van der Waals surface area contributed by atoms with Crippen molar-refractivity contribution in [3.63, 3.8) is 0 Å². The number of carbonyl (C=O) groups excluding carboxylic acids is 2. The third-order valence-corrected chi connectivity index (χ3v) is 4.71. The number of hydrogen-bond donors (Lipinski definition) is 1. The van der Waals surface area contributed by atoms with Crippen molar-refractivity contribution in [3.05, 3.63) is 23.2 Å².